The molecule has 5 heteroatoms. The summed E-state index contributed by atoms with van der Waals surface area (Å²) in [6.45, 7) is 3.83. The number of benzene rings is 1. The standard InChI is InChI=1S/C14H23NO4/c1-9(16)10(2)19-14(8-15)11-5-6-12(17-3)13(7-11)18-4/h5-7,9-10,14,16H,8,15H2,1-4H3. The van der Waals surface area contributed by atoms with Crippen LogP contribution in [0.15, 0.2) is 18.2 Å². The molecule has 0 amide bonds. The zero-order chi connectivity index (χ0) is 14.4. The summed E-state index contributed by atoms with van der Waals surface area (Å²) in [5.74, 6) is 1.29. The van der Waals surface area contributed by atoms with E-state index in [1.165, 1.54) is 0 Å². The van der Waals surface area contributed by atoms with E-state index >= 15 is 0 Å². The van der Waals surface area contributed by atoms with Crippen molar-refractivity contribution in [3.05, 3.63) is 23.8 Å². The molecule has 0 aliphatic heterocycles. The Balaban J connectivity index is 2.92. The van der Waals surface area contributed by atoms with Gasteiger partial charge in [0.2, 0.25) is 0 Å². The molecule has 3 atom stereocenters. The van der Waals surface area contributed by atoms with Crippen LogP contribution in [0.3, 0.4) is 0 Å². The van der Waals surface area contributed by atoms with E-state index in [0.717, 1.165) is 5.56 Å². The van der Waals surface area contributed by atoms with Gasteiger partial charge in [-0.1, -0.05) is 6.07 Å². The highest BCUT2D eigenvalue weighted by molar-refractivity contribution is 5.43. The van der Waals surface area contributed by atoms with E-state index in [-0.39, 0.29) is 12.2 Å². The minimum atomic E-state index is -0.547. The predicted octanol–water partition coefficient (Wildman–Crippen LogP) is 1.49. The van der Waals surface area contributed by atoms with Gasteiger partial charge in [0, 0.05) is 6.54 Å². The lowest BCUT2D eigenvalue weighted by Crippen LogP contribution is -2.28. The average Bonchev–Trinajstić information content (AvgIpc) is 2.43. The number of hydrogen-bond donors (Lipinski definition) is 2. The molecular weight excluding hydrogens is 246 g/mol. The molecule has 0 fully saturated rings. The summed E-state index contributed by atoms with van der Waals surface area (Å²) in [4.78, 5) is 0. The van der Waals surface area contributed by atoms with Crippen LogP contribution in [0.1, 0.15) is 25.5 Å². The monoisotopic (exact) mass is 269 g/mol. The molecule has 1 rings (SSSR count). The lowest BCUT2D eigenvalue weighted by atomic mass is 10.1. The SMILES string of the molecule is COc1ccc(C(CN)OC(C)C(C)O)cc1OC. The van der Waals surface area contributed by atoms with E-state index in [4.69, 9.17) is 19.9 Å². The lowest BCUT2D eigenvalue weighted by molar-refractivity contribution is -0.0592. The van der Waals surface area contributed by atoms with Crippen LogP contribution in [0.2, 0.25) is 0 Å². The van der Waals surface area contributed by atoms with Gasteiger partial charge in [-0.25, -0.2) is 0 Å². The average molecular weight is 269 g/mol. The Morgan fingerprint density at radius 1 is 1.16 bits per heavy atom. The largest absolute Gasteiger partial charge is 0.493 e. The lowest BCUT2D eigenvalue weighted by Gasteiger charge is -2.24. The van der Waals surface area contributed by atoms with Crippen LogP contribution in [-0.4, -0.2) is 38.1 Å². The molecule has 0 saturated carbocycles. The Morgan fingerprint density at radius 3 is 2.26 bits per heavy atom. The maximum absolute atomic E-state index is 9.48. The zero-order valence-corrected chi connectivity index (χ0v) is 11.9. The highest BCUT2D eigenvalue weighted by atomic mass is 16.5. The number of rotatable bonds is 7. The number of hydrogen-bond acceptors (Lipinski definition) is 5. The molecule has 0 bridgehead atoms. The summed E-state index contributed by atoms with van der Waals surface area (Å²) < 4.78 is 16.2. The third-order valence-corrected chi connectivity index (χ3v) is 3.05. The maximum Gasteiger partial charge on any atom is 0.161 e. The summed E-state index contributed by atoms with van der Waals surface area (Å²) in [7, 11) is 3.17. The van der Waals surface area contributed by atoms with Gasteiger partial charge in [-0.15, -0.1) is 0 Å². The number of aliphatic hydroxyl groups is 1. The van der Waals surface area contributed by atoms with E-state index in [0.29, 0.717) is 18.0 Å². The Bertz CT molecular complexity index is 395. The van der Waals surface area contributed by atoms with Crippen molar-refractivity contribution in [1.29, 1.82) is 0 Å². The molecule has 5 nitrogen and oxygen atoms in total. The van der Waals surface area contributed by atoms with Gasteiger partial charge >= 0.3 is 0 Å². The third kappa shape index (κ3) is 4.09. The van der Waals surface area contributed by atoms with Crippen LogP contribution in [0.25, 0.3) is 0 Å². The normalized spacial score (nSPS) is 15.7. The Labute approximate surface area is 114 Å². The molecule has 0 radical (unpaired) electrons. The van der Waals surface area contributed by atoms with Gasteiger partial charge in [0.05, 0.1) is 32.5 Å². The van der Waals surface area contributed by atoms with Gasteiger partial charge in [-0.05, 0) is 31.5 Å². The number of nitrogens with two attached hydrogens (primary N) is 1. The second-order valence-corrected chi connectivity index (χ2v) is 4.42. The molecule has 0 spiro atoms. The first-order valence-corrected chi connectivity index (χ1v) is 6.29. The second-order valence-electron chi connectivity index (χ2n) is 4.42. The first-order chi connectivity index (χ1) is 9.03. The van der Waals surface area contributed by atoms with Gasteiger partial charge in [0.15, 0.2) is 11.5 Å². The van der Waals surface area contributed by atoms with Gasteiger partial charge in [0.25, 0.3) is 0 Å². The Hall–Kier alpha value is -1.30. The summed E-state index contributed by atoms with van der Waals surface area (Å²) >= 11 is 0. The third-order valence-electron chi connectivity index (χ3n) is 3.05. The highest BCUT2D eigenvalue weighted by Crippen LogP contribution is 2.31. The summed E-state index contributed by atoms with van der Waals surface area (Å²) in [6.07, 6.45) is -1.12. The van der Waals surface area contributed by atoms with E-state index in [1.54, 1.807) is 21.1 Å². The smallest absolute Gasteiger partial charge is 0.161 e. The first kappa shape index (κ1) is 15.8. The molecular formula is C14H23NO4. The van der Waals surface area contributed by atoms with E-state index < -0.39 is 6.10 Å². The quantitative estimate of drug-likeness (QED) is 0.784. The van der Waals surface area contributed by atoms with Crippen LogP contribution in [0.5, 0.6) is 11.5 Å². The zero-order valence-electron chi connectivity index (χ0n) is 11.9. The van der Waals surface area contributed by atoms with Crippen molar-refractivity contribution < 1.29 is 19.3 Å². The number of aliphatic hydroxyl groups excluding tert-OH is 1. The van der Waals surface area contributed by atoms with Crippen LogP contribution < -0.4 is 15.2 Å². The van der Waals surface area contributed by atoms with Crippen LogP contribution in [0.4, 0.5) is 0 Å². The molecule has 0 saturated heterocycles. The molecule has 3 unspecified atom stereocenters. The number of methoxy groups -OCH3 is 2. The van der Waals surface area contributed by atoms with Crippen molar-refractivity contribution in [3.63, 3.8) is 0 Å². The minimum Gasteiger partial charge on any atom is -0.493 e. The van der Waals surface area contributed by atoms with E-state index in [2.05, 4.69) is 0 Å². The van der Waals surface area contributed by atoms with Crippen LogP contribution in [0, 0.1) is 0 Å². The van der Waals surface area contributed by atoms with Crippen molar-refractivity contribution >= 4 is 0 Å². The second kappa shape index (κ2) is 7.33. The van der Waals surface area contributed by atoms with Crippen LogP contribution in [-0.2, 0) is 4.74 Å². The van der Waals surface area contributed by atoms with Crippen molar-refractivity contribution in [2.75, 3.05) is 20.8 Å². The van der Waals surface area contributed by atoms with Gasteiger partial charge in [0.1, 0.15) is 0 Å². The molecule has 0 aromatic heterocycles. The van der Waals surface area contributed by atoms with Gasteiger partial charge < -0.3 is 25.1 Å². The van der Waals surface area contributed by atoms with E-state index in [1.807, 2.05) is 25.1 Å². The fraction of sp³-hybridized carbons (Fsp3) is 0.571. The maximum atomic E-state index is 9.48. The fourth-order valence-corrected chi connectivity index (χ4v) is 1.70. The molecule has 108 valence electrons. The summed E-state index contributed by atoms with van der Waals surface area (Å²) in [6, 6.07) is 5.53. The van der Waals surface area contributed by atoms with Crippen molar-refractivity contribution in [3.8, 4) is 11.5 Å². The van der Waals surface area contributed by atoms with E-state index in [9.17, 15) is 5.11 Å². The first-order valence-electron chi connectivity index (χ1n) is 6.29. The fourth-order valence-electron chi connectivity index (χ4n) is 1.70. The topological polar surface area (TPSA) is 73.9 Å². The molecule has 0 aliphatic rings. The summed E-state index contributed by atoms with van der Waals surface area (Å²) in [5, 5.41) is 9.48. The Morgan fingerprint density at radius 2 is 1.79 bits per heavy atom. The van der Waals surface area contributed by atoms with Crippen LogP contribution >= 0.6 is 0 Å². The minimum absolute atomic E-state index is 0.288. The van der Waals surface area contributed by atoms with Crippen molar-refractivity contribution in [1.82, 2.24) is 0 Å². The summed E-state index contributed by atoms with van der Waals surface area (Å²) in [5.41, 5.74) is 6.63. The van der Waals surface area contributed by atoms with Gasteiger partial charge in [-0.2, -0.15) is 0 Å². The molecule has 1 aromatic carbocycles. The predicted molar refractivity (Wildman–Crippen MR) is 73.6 cm³/mol. The number of ether oxygens (including phenoxy) is 3. The molecule has 3 N–H and O–H groups in total. The van der Waals surface area contributed by atoms with Crippen molar-refractivity contribution in [2.24, 2.45) is 5.73 Å². The molecule has 19 heavy (non-hydrogen) atoms. The van der Waals surface area contributed by atoms with Gasteiger partial charge in [-0.3, -0.25) is 0 Å². The highest BCUT2D eigenvalue weighted by Gasteiger charge is 2.18. The Kier molecular flexibility index (Phi) is 6.08. The van der Waals surface area contributed by atoms with Crippen molar-refractivity contribution in [2.45, 2.75) is 32.2 Å². The molecule has 0 heterocycles. The molecule has 0 aliphatic carbocycles. The molecule has 1 aromatic rings.